The van der Waals surface area contributed by atoms with Gasteiger partial charge in [-0.05, 0) is 68.9 Å². The summed E-state index contributed by atoms with van der Waals surface area (Å²) in [6.07, 6.45) is 7.41. The van der Waals surface area contributed by atoms with Crippen molar-refractivity contribution in [2.24, 2.45) is 0 Å². The maximum Gasteiger partial charge on any atom is 0.232 e. The highest BCUT2D eigenvalue weighted by Gasteiger charge is 2.21. The van der Waals surface area contributed by atoms with Gasteiger partial charge in [-0.2, -0.15) is 4.98 Å². The van der Waals surface area contributed by atoms with E-state index in [4.69, 9.17) is 4.98 Å². The third-order valence-electron chi connectivity index (χ3n) is 7.29. The van der Waals surface area contributed by atoms with Gasteiger partial charge in [-0.3, -0.25) is 4.31 Å². The van der Waals surface area contributed by atoms with Crippen LogP contribution < -0.4 is 14.5 Å². The van der Waals surface area contributed by atoms with E-state index in [1.165, 1.54) is 29.1 Å². The highest BCUT2D eigenvalue weighted by Crippen LogP contribution is 2.26. The Morgan fingerprint density at radius 2 is 1.82 bits per heavy atom. The maximum atomic E-state index is 12.2. The number of para-hydroxylation sites is 1. The summed E-state index contributed by atoms with van der Waals surface area (Å²) < 4.78 is 27.6. The minimum absolute atomic E-state index is 0.481. The Hall–Kier alpha value is -3.63. The van der Waals surface area contributed by atoms with Crippen molar-refractivity contribution in [2.45, 2.75) is 25.4 Å². The number of aromatic nitrogens is 3. The molecule has 0 spiro atoms. The number of benzene rings is 2. The smallest absolute Gasteiger partial charge is 0.232 e. The molecule has 10 heteroatoms. The van der Waals surface area contributed by atoms with Crippen molar-refractivity contribution in [3.05, 3.63) is 72.6 Å². The summed E-state index contributed by atoms with van der Waals surface area (Å²) in [5, 5.41) is 4.25. The van der Waals surface area contributed by atoms with Crippen LogP contribution in [0, 0.1) is 0 Å². The van der Waals surface area contributed by atoms with Gasteiger partial charge in [0.2, 0.25) is 16.0 Å². The molecular formula is C28H35N7O2S. The number of hydrogen-bond acceptors (Lipinski definition) is 7. The van der Waals surface area contributed by atoms with Crippen molar-refractivity contribution >= 4 is 44.1 Å². The molecule has 5 rings (SSSR count). The number of fused-ring (bicyclic) bond motifs is 1. The van der Waals surface area contributed by atoms with Crippen LogP contribution in [0.4, 0.5) is 23.0 Å². The molecule has 200 valence electrons. The first-order chi connectivity index (χ1) is 18.2. The van der Waals surface area contributed by atoms with E-state index in [-0.39, 0.29) is 0 Å². The van der Waals surface area contributed by atoms with E-state index in [0.29, 0.717) is 24.2 Å². The Balaban J connectivity index is 1.34. The third kappa shape index (κ3) is 5.61. The highest BCUT2D eigenvalue weighted by atomic mass is 32.2. The molecule has 1 N–H and O–H groups in total. The first-order valence-electron chi connectivity index (χ1n) is 12.8. The average Bonchev–Trinajstić information content (AvgIpc) is 3.30. The molecule has 1 aliphatic heterocycles. The van der Waals surface area contributed by atoms with Crippen LogP contribution in [0.2, 0.25) is 0 Å². The number of hydrogen-bond donors (Lipinski definition) is 1. The fourth-order valence-electron chi connectivity index (χ4n) is 4.97. The van der Waals surface area contributed by atoms with Crippen molar-refractivity contribution in [2.75, 3.05) is 55.0 Å². The lowest BCUT2D eigenvalue weighted by atomic mass is 10.0. The second-order valence-corrected chi connectivity index (χ2v) is 12.2. The zero-order chi connectivity index (χ0) is 26.9. The predicted octanol–water partition coefficient (Wildman–Crippen LogP) is 4.15. The van der Waals surface area contributed by atoms with Gasteiger partial charge in [0.05, 0.1) is 18.5 Å². The fourth-order valence-corrected chi connectivity index (χ4v) is 5.50. The Labute approximate surface area is 224 Å². The van der Waals surface area contributed by atoms with Crippen LogP contribution in [0.15, 0.2) is 67.0 Å². The molecule has 0 saturated carbocycles. The molecule has 1 unspecified atom stereocenters. The summed E-state index contributed by atoms with van der Waals surface area (Å²) in [6.45, 7) is 2.60. The molecule has 1 atom stereocenters. The number of anilines is 4. The average molecular weight is 534 g/mol. The second kappa shape index (κ2) is 10.6. The van der Waals surface area contributed by atoms with E-state index in [9.17, 15) is 8.42 Å². The first-order valence-corrected chi connectivity index (χ1v) is 14.7. The van der Waals surface area contributed by atoms with Crippen molar-refractivity contribution in [3.63, 3.8) is 0 Å². The van der Waals surface area contributed by atoms with Gasteiger partial charge in [0.1, 0.15) is 5.65 Å². The molecule has 1 saturated heterocycles. The summed E-state index contributed by atoms with van der Waals surface area (Å²) in [5.74, 6) is 0.511. The Bertz CT molecular complexity index is 1520. The van der Waals surface area contributed by atoms with Crippen LogP contribution in [0.5, 0.6) is 0 Å². The van der Waals surface area contributed by atoms with Crippen molar-refractivity contribution < 1.29 is 8.42 Å². The second-order valence-electron chi connectivity index (χ2n) is 10.2. The van der Waals surface area contributed by atoms with Gasteiger partial charge in [-0.1, -0.05) is 18.2 Å². The molecule has 9 nitrogen and oxygen atoms in total. The third-order valence-corrected chi connectivity index (χ3v) is 8.48. The zero-order valence-electron chi connectivity index (χ0n) is 22.4. The topological polar surface area (TPSA) is 86.6 Å². The van der Waals surface area contributed by atoms with E-state index in [2.05, 4.69) is 58.5 Å². The largest absolute Gasteiger partial charge is 0.370 e. The molecule has 0 amide bonds. The highest BCUT2D eigenvalue weighted by molar-refractivity contribution is 7.92. The van der Waals surface area contributed by atoms with Crippen LogP contribution in [-0.2, 0) is 16.6 Å². The van der Waals surface area contributed by atoms with Crippen molar-refractivity contribution in [1.29, 1.82) is 0 Å². The lowest BCUT2D eigenvalue weighted by Crippen LogP contribution is -2.45. The quantitative estimate of drug-likeness (QED) is 0.364. The molecule has 2 aromatic heterocycles. The molecule has 1 fully saturated rings. The number of sulfonamides is 1. The SMILES string of the molecule is CN(C)C1CCCN(c2ccc(Nc3ncc4ccn(Cc5ccccc5N(C)S(C)(=O)=O)c4n3)cc2)C1. The lowest BCUT2D eigenvalue weighted by molar-refractivity contribution is 0.258. The van der Waals surface area contributed by atoms with Gasteiger partial charge in [0.25, 0.3) is 0 Å². The number of nitrogens with one attached hydrogen (secondary N) is 1. The van der Waals surface area contributed by atoms with Crippen LogP contribution >= 0.6 is 0 Å². The van der Waals surface area contributed by atoms with Crippen molar-refractivity contribution in [3.8, 4) is 0 Å². The van der Waals surface area contributed by atoms with Gasteiger partial charge in [-0.25, -0.2) is 13.4 Å². The lowest BCUT2D eigenvalue weighted by Gasteiger charge is -2.37. The zero-order valence-corrected chi connectivity index (χ0v) is 23.2. The summed E-state index contributed by atoms with van der Waals surface area (Å²) in [7, 11) is 2.51. The maximum absolute atomic E-state index is 12.2. The molecule has 3 heterocycles. The van der Waals surface area contributed by atoms with Gasteiger partial charge < -0.3 is 19.7 Å². The minimum atomic E-state index is -3.37. The molecule has 2 aromatic carbocycles. The Morgan fingerprint density at radius 3 is 2.55 bits per heavy atom. The fraction of sp³-hybridized carbons (Fsp3) is 0.357. The van der Waals surface area contributed by atoms with Crippen LogP contribution in [0.1, 0.15) is 18.4 Å². The van der Waals surface area contributed by atoms with Gasteiger partial charge in [-0.15, -0.1) is 0 Å². The monoisotopic (exact) mass is 533 g/mol. The Kier molecular flexibility index (Phi) is 7.27. The van der Waals surface area contributed by atoms with E-state index < -0.39 is 10.0 Å². The van der Waals surface area contributed by atoms with Gasteiger partial charge >= 0.3 is 0 Å². The number of likely N-dealkylation sites (N-methyl/N-ethyl adjacent to an activating group) is 1. The van der Waals surface area contributed by atoms with Gasteiger partial charge in [0.15, 0.2) is 0 Å². The molecule has 38 heavy (non-hydrogen) atoms. The first kappa shape index (κ1) is 26.0. The van der Waals surface area contributed by atoms with Crippen LogP contribution in [0.3, 0.4) is 0 Å². The van der Waals surface area contributed by atoms with Crippen molar-refractivity contribution in [1.82, 2.24) is 19.4 Å². The van der Waals surface area contributed by atoms with E-state index in [1.54, 1.807) is 13.2 Å². The standard InChI is InChI=1S/C28H35N7O2S/c1-32(2)25-9-7-16-34(20-25)24-13-11-23(12-14-24)30-28-29-18-21-15-17-35(27(21)31-28)19-22-8-5-6-10-26(22)33(3)38(4,36)37/h5-6,8,10-15,17-18,25H,7,9,16,19-20H2,1-4H3,(H,29,30,31). The van der Waals surface area contributed by atoms with Gasteiger partial charge in [0, 0.05) is 55.3 Å². The predicted molar refractivity (Wildman–Crippen MR) is 155 cm³/mol. The number of nitrogens with zero attached hydrogens (tertiary/aromatic N) is 6. The summed E-state index contributed by atoms with van der Waals surface area (Å²) in [6, 6.07) is 18.5. The molecule has 4 aromatic rings. The number of rotatable bonds is 8. The number of piperidine rings is 1. The van der Waals surface area contributed by atoms with Crippen LogP contribution in [-0.4, -0.2) is 74.4 Å². The summed E-state index contributed by atoms with van der Waals surface area (Å²) in [5.41, 5.74) is 4.46. The van der Waals surface area contributed by atoms with E-state index in [0.717, 1.165) is 35.4 Å². The van der Waals surface area contributed by atoms with Crippen LogP contribution in [0.25, 0.3) is 11.0 Å². The normalized spacial score (nSPS) is 16.2. The molecule has 0 bridgehead atoms. The molecule has 1 aliphatic rings. The molecular weight excluding hydrogens is 498 g/mol. The Morgan fingerprint density at radius 1 is 1.05 bits per heavy atom. The molecule has 0 radical (unpaired) electrons. The minimum Gasteiger partial charge on any atom is -0.370 e. The summed E-state index contributed by atoms with van der Waals surface area (Å²) in [4.78, 5) is 14.1. The van der Waals surface area contributed by atoms with E-state index >= 15 is 0 Å². The summed E-state index contributed by atoms with van der Waals surface area (Å²) >= 11 is 0. The van der Waals surface area contributed by atoms with E-state index in [1.807, 2.05) is 41.1 Å². The molecule has 0 aliphatic carbocycles.